The minimum absolute atomic E-state index is 0. The van der Waals surface area contributed by atoms with Crippen molar-refractivity contribution in [2.24, 2.45) is 0 Å². The van der Waals surface area contributed by atoms with Gasteiger partial charge in [0.2, 0.25) is 0 Å². The number of fused-ring (bicyclic) bond motifs is 5. The monoisotopic (exact) mass is 673 g/mol. The molecule has 0 radical (unpaired) electrons. The zero-order valence-corrected chi connectivity index (χ0v) is 25.1. The number of halogens is 2. The summed E-state index contributed by atoms with van der Waals surface area (Å²) in [5.74, 6) is 0. The molecule has 3 heteroatoms. The van der Waals surface area contributed by atoms with E-state index in [-0.39, 0.29) is 50.7 Å². The summed E-state index contributed by atoms with van der Waals surface area (Å²) in [5.41, 5.74) is 0. The molecule has 0 aliphatic rings. The van der Waals surface area contributed by atoms with Crippen LogP contribution in [-0.2, 0) is 25.8 Å². The maximum absolute atomic E-state index is 3.00. The van der Waals surface area contributed by atoms with Gasteiger partial charge in [0.05, 0.1) is 0 Å². The molecule has 0 spiro atoms. The topological polar surface area (TPSA) is 0 Å². The third kappa shape index (κ3) is 7.58. The summed E-state index contributed by atoms with van der Waals surface area (Å²) in [6.45, 7) is 6.00. The maximum atomic E-state index is 3.00. The molecule has 0 aliphatic heterocycles. The second-order valence-corrected chi connectivity index (χ2v) is 7.63. The Hall–Kier alpha value is -2.84. The van der Waals surface area contributed by atoms with E-state index in [4.69, 9.17) is 0 Å². The van der Waals surface area contributed by atoms with Crippen LogP contribution in [0, 0.1) is 0 Å². The number of hydrogen-bond acceptors (Lipinski definition) is 0. The van der Waals surface area contributed by atoms with Gasteiger partial charge < -0.3 is 24.8 Å². The predicted octanol–water partition coefficient (Wildman–Crippen LogP) is 3.64. The van der Waals surface area contributed by atoms with Crippen LogP contribution < -0.4 is 24.8 Å². The van der Waals surface area contributed by atoms with Crippen molar-refractivity contribution in [2.45, 2.75) is 0 Å². The van der Waals surface area contributed by atoms with Crippen LogP contribution in [0.5, 0.6) is 0 Å². The zero-order chi connectivity index (χ0) is 22.9. The van der Waals surface area contributed by atoms with Crippen LogP contribution in [0.25, 0.3) is 43.1 Å². The molecule has 0 N–H and O–H groups in total. The second kappa shape index (κ2) is 16.0. The Kier molecular flexibility index (Phi) is 13.9. The quantitative estimate of drug-likeness (QED) is 0.131. The van der Waals surface area contributed by atoms with Gasteiger partial charge in [-0.3, -0.25) is 0 Å². The zero-order valence-electron chi connectivity index (χ0n) is 19.9. The summed E-state index contributed by atoms with van der Waals surface area (Å²) in [5, 5.41) is 10.7. The van der Waals surface area contributed by atoms with Gasteiger partial charge in [0.25, 0.3) is 0 Å². The van der Waals surface area contributed by atoms with E-state index < -0.39 is 0 Å². The molecular weight excluding hydrogens is 646 g/mol. The van der Waals surface area contributed by atoms with Crippen LogP contribution in [0.4, 0.5) is 0 Å². The Morgan fingerprint density at radius 1 is 0.417 bits per heavy atom. The molecule has 0 nitrogen and oxygen atoms in total. The molecule has 7 aromatic carbocycles. The average molecular weight is 673 g/mol. The third-order valence-electron chi connectivity index (χ3n) is 5.62. The molecule has 0 aliphatic carbocycles. The van der Waals surface area contributed by atoms with Gasteiger partial charge >= 0.3 is 0 Å². The van der Waals surface area contributed by atoms with Crippen LogP contribution in [0.15, 0.2) is 153 Å². The molecule has 7 aromatic rings. The van der Waals surface area contributed by atoms with Gasteiger partial charge in [0, 0.05) is 25.8 Å². The molecule has 0 amide bonds. The maximum Gasteiger partial charge on any atom is 0 e. The van der Waals surface area contributed by atoms with E-state index in [0.29, 0.717) is 0 Å². The number of benzene rings is 4. The van der Waals surface area contributed by atoms with Gasteiger partial charge in [-0.15, -0.1) is 112 Å². The van der Waals surface area contributed by atoms with Crippen LogP contribution in [0.2, 0.25) is 0 Å². The van der Waals surface area contributed by atoms with Gasteiger partial charge in [-0.1, -0.05) is 48.5 Å². The summed E-state index contributed by atoms with van der Waals surface area (Å²) in [7, 11) is 0. The molecule has 0 fully saturated rings. The smallest absolute Gasteiger partial charge is 0 e. The van der Waals surface area contributed by atoms with E-state index in [0.717, 1.165) is 0 Å². The fourth-order valence-corrected chi connectivity index (χ4v) is 4.04. The van der Waals surface area contributed by atoms with Gasteiger partial charge in [0.1, 0.15) is 0 Å². The van der Waals surface area contributed by atoms with Crippen molar-refractivity contribution < 1.29 is 50.7 Å². The Labute approximate surface area is 245 Å². The van der Waals surface area contributed by atoms with E-state index in [1.54, 1.807) is 0 Å². The van der Waals surface area contributed by atoms with Crippen molar-refractivity contribution in [1.29, 1.82) is 0 Å². The fourth-order valence-electron chi connectivity index (χ4n) is 4.04. The van der Waals surface area contributed by atoms with E-state index >= 15 is 0 Å². The molecule has 0 unspecified atom stereocenters. The third-order valence-corrected chi connectivity index (χ3v) is 5.62. The first kappa shape index (κ1) is 31.2. The van der Waals surface area contributed by atoms with Crippen molar-refractivity contribution in [1.82, 2.24) is 0 Å². The molecule has 0 aromatic heterocycles. The molecule has 0 heterocycles. The van der Waals surface area contributed by atoms with E-state index in [1.165, 1.54) is 43.1 Å². The van der Waals surface area contributed by atoms with E-state index in [2.05, 4.69) is 153 Å². The molecule has 0 atom stereocenters. The Balaban J connectivity index is 0.000000256. The first-order chi connectivity index (χ1) is 16.4. The minimum Gasteiger partial charge on any atom is -1.00 e. The Bertz CT molecular complexity index is 1390. The molecular formula is C33H27Cl2Hf-5. The van der Waals surface area contributed by atoms with Crippen LogP contribution >= 0.6 is 0 Å². The number of hydrogen-bond donors (Lipinski definition) is 0. The molecule has 7 rings (SSSR count). The van der Waals surface area contributed by atoms with E-state index in [1.807, 2.05) is 0 Å². The molecule has 0 saturated carbocycles. The Morgan fingerprint density at radius 2 is 0.750 bits per heavy atom. The SMILES string of the molecule is C=C.[Cl-].[Cl-].[Hf].c1ccc2[cH-]ccc2c1.c1ccc2[cH-]ccc2c1.c1ccc2c(c1)[cH-]c1ccccc12. The molecule has 0 bridgehead atoms. The second-order valence-electron chi connectivity index (χ2n) is 7.63. The summed E-state index contributed by atoms with van der Waals surface area (Å²) in [4.78, 5) is 0. The van der Waals surface area contributed by atoms with Crippen molar-refractivity contribution in [2.75, 3.05) is 0 Å². The summed E-state index contributed by atoms with van der Waals surface area (Å²) in [6.07, 6.45) is 0. The van der Waals surface area contributed by atoms with E-state index in [9.17, 15) is 0 Å². The fraction of sp³-hybridized carbons (Fsp3) is 0. The Morgan fingerprint density at radius 3 is 1.14 bits per heavy atom. The summed E-state index contributed by atoms with van der Waals surface area (Å²) < 4.78 is 0. The normalized spacial score (nSPS) is 9.22. The van der Waals surface area contributed by atoms with Crippen molar-refractivity contribution in [3.05, 3.63) is 153 Å². The van der Waals surface area contributed by atoms with Crippen molar-refractivity contribution in [3.8, 4) is 0 Å². The van der Waals surface area contributed by atoms with Crippen LogP contribution in [-0.4, -0.2) is 0 Å². The first-order valence-corrected chi connectivity index (χ1v) is 11.1. The largest absolute Gasteiger partial charge is 1.00 e. The molecule has 0 saturated heterocycles. The molecule has 36 heavy (non-hydrogen) atoms. The van der Waals surface area contributed by atoms with Crippen LogP contribution in [0.1, 0.15) is 0 Å². The van der Waals surface area contributed by atoms with Crippen molar-refractivity contribution >= 4 is 43.1 Å². The summed E-state index contributed by atoms with van der Waals surface area (Å²) in [6, 6.07) is 48.6. The minimum atomic E-state index is 0. The predicted molar refractivity (Wildman–Crippen MR) is 147 cm³/mol. The number of rotatable bonds is 0. The first-order valence-electron chi connectivity index (χ1n) is 11.1. The van der Waals surface area contributed by atoms with Crippen LogP contribution in [0.3, 0.4) is 0 Å². The molecule has 182 valence electrons. The van der Waals surface area contributed by atoms with Gasteiger partial charge in [-0.05, 0) is 0 Å². The van der Waals surface area contributed by atoms with Gasteiger partial charge in [0.15, 0.2) is 0 Å². The van der Waals surface area contributed by atoms with Crippen molar-refractivity contribution in [3.63, 3.8) is 0 Å². The average Bonchev–Trinajstić information content (AvgIpc) is 3.64. The van der Waals surface area contributed by atoms with Gasteiger partial charge in [-0.2, -0.15) is 35.0 Å². The van der Waals surface area contributed by atoms with Gasteiger partial charge in [-0.25, -0.2) is 0 Å². The standard InChI is InChI=1S/C13H9.2C9H7.C2H4.2ClH.Hf/c1-3-7-12-10(5-1)9-11-6-2-4-8-13(11)12;2*1-2-5-9-7-3-6-8(9)4-1;1-2;;;/h1-9H;2*1-7H;1-2H2;2*1H;/q3*-1;;;;/p-2. The summed E-state index contributed by atoms with van der Waals surface area (Å²) >= 11 is 0.